The van der Waals surface area contributed by atoms with Crippen LogP contribution in [-0.4, -0.2) is 9.55 Å². The molecular weight excluding hydrogens is 184 g/mol. The summed E-state index contributed by atoms with van der Waals surface area (Å²) < 4.78 is 2.31. The molecule has 0 fully saturated rings. The monoisotopic (exact) mass is 200 g/mol. The Labute approximate surface area is 90.6 Å². The Balaban J connectivity index is 2.24. The first-order valence-corrected chi connectivity index (χ1v) is 5.34. The van der Waals surface area contributed by atoms with Crippen LogP contribution in [0.4, 0.5) is 0 Å². The van der Waals surface area contributed by atoms with Crippen molar-refractivity contribution in [2.75, 3.05) is 0 Å². The second-order valence-electron chi connectivity index (χ2n) is 3.85. The highest BCUT2D eigenvalue weighted by Crippen LogP contribution is 2.11. The molecule has 0 aromatic carbocycles. The van der Waals surface area contributed by atoms with E-state index in [0.717, 1.165) is 13.0 Å². The predicted octanol–water partition coefficient (Wildman–Crippen LogP) is 2.80. The zero-order chi connectivity index (χ0) is 10.7. The van der Waals surface area contributed by atoms with Crippen molar-refractivity contribution in [3.8, 4) is 0 Å². The standard InChI is InChI=1S/C13H16N2/c1-3-13-8-11(2)9-15(13)10-12-4-6-14-7-5-12/h4-9H,3,10H2,1-2H3. The molecule has 0 amide bonds. The summed E-state index contributed by atoms with van der Waals surface area (Å²) in [4.78, 5) is 4.03. The molecule has 2 nitrogen and oxygen atoms in total. The molecule has 0 atom stereocenters. The molecule has 0 saturated carbocycles. The van der Waals surface area contributed by atoms with Crippen molar-refractivity contribution in [3.63, 3.8) is 0 Å². The average Bonchev–Trinajstić information content (AvgIpc) is 2.60. The molecule has 15 heavy (non-hydrogen) atoms. The summed E-state index contributed by atoms with van der Waals surface area (Å²) in [5.74, 6) is 0. The first kappa shape index (κ1) is 9.97. The fourth-order valence-electron chi connectivity index (χ4n) is 1.85. The second kappa shape index (κ2) is 4.30. The smallest absolute Gasteiger partial charge is 0.0474 e. The molecular formula is C13H16N2. The molecule has 0 aliphatic rings. The summed E-state index contributed by atoms with van der Waals surface area (Å²) >= 11 is 0. The summed E-state index contributed by atoms with van der Waals surface area (Å²) in [5, 5.41) is 0. The number of hydrogen-bond donors (Lipinski definition) is 0. The number of rotatable bonds is 3. The zero-order valence-electron chi connectivity index (χ0n) is 9.27. The van der Waals surface area contributed by atoms with E-state index in [1.54, 1.807) is 0 Å². The van der Waals surface area contributed by atoms with Gasteiger partial charge in [-0.25, -0.2) is 0 Å². The quantitative estimate of drug-likeness (QED) is 0.745. The van der Waals surface area contributed by atoms with Gasteiger partial charge < -0.3 is 4.57 Å². The van der Waals surface area contributed by atoms with E-state index < -0.39 is 0 Å². The van der Waals surface area contributed by atoms with Gasteiger partial charge in [-0.3, -0.25) is 4.98 Å². The first-order chi connectivity index (χ1) is 7.29. The summed E-state index contributed by atoms with van der Waals surface area (Å²) in [6, 6.07) is 6.38. The van der Waals surface area contributed by atoms with Crippen LogP contribution in [0, 0.1) is 6.92 Å². The molecule has 78 valence electrons. The van der Waals surface area contributed by atoms with Gasteiger partial charge in [-0.15, -0.1) is 0 Å². The van der Waals surface area contributed by atoms with E-state index >= 15 is 0 Å². The van der Waals surface area contributed by atoms with Crippen LogP contribution in [0.5, 0.6) is 0 Å². The third kappa shape index (κ3) is 2.27. The van der Waals surface area contributed by atoms with Gasteiger partial charge in [-0.05, 0) is 42.7 Å². The van der Waals surface area contributed by atoms with Gasteiger partial charge in [-0.2, -0.15) is 0 Å². The van der Waals surface area contributed by atoms with E-state index in [2.05, 4.69) is 47.8 Å². The van der Waals surface area contributed by atoms with Crippen molar-refractivity contribution in [2.45, 2.75) is 26.8 Å². The van der Waals surface area contributed by atoms with Crippen LogP contribution in [0.1, 0.15) is 23.7 Å². The summed E-state index contributed by atoms with van der Waals surface area (Å²) in [6.45, 7) is 5.28. The molecule has 0 spiro atoms. The molecule has 0 N–H and O–H groups in total. The minimum Gasteiger partial charge on any atom is -0.347 e. The SMILES string of the molecule is CCc1cc(C)cn1Cc1ccncc1. The lowest BCUT2D eigenvalue weighted by molar-refractivity contribution is 0.749. The van der Waals surface area contributed by atoms with Crippen molar-refractivity contribution < 1.29 is 0 Å². The molecule has 0 unspecified atom stereocenters. The third-order valence-electron chi connectivity index (χ3n) is 2.59. The molecule has 2 heterocycles. The van der Waals surface area contributed by atoms with Gasteiger partial charge in [0.2, 0.25) is 0 Å². The number of nitrogens with zero attached hydrogens (tertiary/aromatic N) is 2. The molecule has 0 radical (unpaired) electrons. The Morgan fingerprint density at radius 1 is 1.27 bits per heavy atom. The first-order valence-electron chi connectivity index (χ1n) is 5.34. The van der Waals surface area contributed by atoms with E-state index in [0.29, 0.717) is 0 Å². The summed E-state index contributed by atoms with van der Waals surface area (Å²) in [6.07, 6.45) is 6.98. The highest BCUT2D eigenvalue weighted by atomic mass is 15.0. The van der Waals surface area contributed by atoms with Gasteiger partial charge in [0.25, 0.3) is 0 Å². The molecule has 0 aliphatic carbocycles. The largest absolute Gasteiger partial charge is 0.347 e. The van der Waals surface area contributed by atoms with E-state index in [4.69, 9.17) is 0 Å². The lowest BCUT2D eigenvalue weighted by atomic mass is 10.2. The normalized spacial score (nSPS) is 10.5. The van der Waals surface area contributed by atoms with Crippen LogP contribution >= 0.6 is 0 Å². The maximum absolute atomic E-state index is 4.03. The number of aromatic nitrogens is 2. The van der Waals surface area contributed by atoms with Gasteiger partial charge in [-0.1, -0.05) is 6.92 Å². The van der Waals surface area contributed by atoms with Crippen molar-refractivity contribution in [3.05, 3.63) is 53.6 Å². The van der Waals surface area contributed by atoms with Crippen LogP contribution in [0.15, 0.2) is 36.8 Å². The molecule has 0 aliphatic heterocycles. The minimum atomic E-state index is 0.944. The summed E-state index contributed by atoms with van der Waals surface area (Å²) in [5.41, 5.74) is 4.03. The molecule has 2 aromatic heterocycles. The number of pyridine rings is 1. The number of aryl methyl sites for hydroxylation is 2. The van der Waals surface area contributed by atoms with E-state index in [9.17, 15) is 0 Å². The highest BCUT2D eigenvalue weighted by Gasteiger charge is 2.01. The highest BCUT2D eigenvalue weighted by molar-refractivity contribution is 5.20. The lowest BCUT2D eigenvalue weighted by Gasteiger charge is -2.07. The second-order valence-corrected chi connectivity index (χ2v) is 3.85. The Morgan fingerprint density at radius 2 is 2.00 bits per heavy atom. The third-order valence-corrected chi connectivity index (χ3v) is 2.59. The van der Waals surface area contributed by atoms with Crippen molar-refractivity contribution in [1.82, 2.24) is 9.55 Å². The van der Waals surface area contributed by atoms with Gasteiger partial charge in [0.1, 0.15) is 0 Å². The van der Waals surface area contributed by atoms with Crippen LogP contribution in [0.3, 0.4) is 0 Å². The maximum Gasteiger partial charge on any atom is 0.0474 e. The molecule has 2 aromatic rings. The van der Waals surface area contributed by atoms with Crippen molar-refractivity contribution in [2.24, 2.45) is 0 Å². The van der Waals surface area contributed by atoms with Gasteiger partial charge >= 0.3 is 0 Å². The molecule has 2 rings (SSSR count). The average molecular weight is 200 g/mol. The van der Waals surface area contributed by atoms with E-state index in [1.165, 1.54) is 16.8 Å². The molecule has 2 heteroatoms. The fourth-order valence-corrected chi connectivity index (χ4v) is 1.85. The Morgan fingerprint density at radius 3 is 2.67 bits per heavy atom. The zero-order valence-corrected chi connectivity index (χ0v) is 9.27. The lowest BCUT2D eigenvalue weighted by Crippen LogP contribution is -2.02. The van der Waals surface area contributed by atoms with Crippen molar-refractivity contribution in [1.29, 1.82) is 0 Å². The Kier molecular flexibility index (Phi) is 2.86. The van der Waals surface area contributed by atoms with Crippen molar-refractivity contribution >= 4 is 0 Å². The van der Waals surface area contributed by atoms with Crippen LogP contribution in [0.25, 0.3) is 0 Å². The Hall–Kier alpha value is -1.57. The molecule has 0 saturated heterocycles. The van der Waals surface area contributed by atoms with Crippen LogP contribution in [0.2, 0.25) is 0 Å². The summed E-state index contributed by atoms with van der Waals surface area (Å²) in [7, 11) is 0. The van der Waals surface area contributed by atoms with Gasteiger partial charge in [0.05, 0.1) is 0 Å². The fraction of sp³-hybridized carbons (Fsp3) is 0.308. The topological polar surface area (TPSA) is 17.8 Å². The molecule has 0 bridgehead atoms. The van der Waals surface area contributed by atoms with E-state index in [1.807, 2.05) is 12.4 Å². The number of hydrogen-bond acceptors (Lipinski definition) is 1. The van der Waals surface area contributed by atoms with Crippen LogP contribution < -0.4 is 0 Å². The van der Waals surface area contributed by atoms with E-state index in [-0.39, 0.29) is 0 Å². The Bertz CT molecular complexity index is 429. The minimum absolute atomic E-state index is 0.944. The predicted molar refractivity (Wildman–Crippen MR) is 61.9 cm³/mol. The van der Waals surface area contributed by atoms with Gasteiger partial charge in [0.15, 0.2) is 0 Å². The van der Waals surface area contributed by atoms with Crippen LogP contribution in [-0.2, 0) is 13.0 Å². The maximum atomic E-state index is 4.03. The van der Waals surface area contributed by atoms with Gasteiger partial charge in [0, 0.05) is 30.8 Å².